The molecular formula is C23H27NO5S. The molecular weight excluding hydrogens is 402 g/mol. The lowest BCUT2D eigenvalue weighted by atomic mass is 9.86. The van der Waals surface area contributed by atoms with E-state index in [1.165, 1.54) is 4.31 Å². The van der Waals surface area contributed by atoms with Crippen LogP contribution in [0.25, 0.3) is 5.57 Å². The number of aryl methyl sites for hydroxylation is 1. The monoisotopic (exact) mass is 429 g/mol. The molecule has 0 amide bonds. The Morgan fingerprint density at radius 3 is 2.50 bits per heavy atom. The van der Waals surface area contributed by atoms with Crippen LogP contribution in [-0.4, -0.2) is 41.9 Å². The highest BCUT2D eigenvalue weighted by Gasteiger charge is 2.38. The molecule has 6 nitrogen and oxygen atoms in total. The summed E-state index contributed by atoms with van der Waals surface area (Å²) in [4.78, 5) is 0.259. The minimum absolute atomic E-state index is 0.107. The number of methoxy groups -OCH3 is 2. The molecule has 0 spiro atoms. The predicted octanol–water partition coefficient (Wildman–Crippen LogP) is 4.17. The second kappa shape index (κ2) is 7.96. The molecule has 0 aliphatic carbocycles. The molecule has 0 fully saturated rings. The molecule has 2 heterocycles. The zero-order valence-corrected chi connectivity index (χ0v) is 18.6. The van der Waals surface area contributed by atoms with Crippen LogP contribution in [0.2, 0.25) is 0 Å². The fraction of sp³-hybridized carbons (Fsp3) is 0.391. The summed E-state index contributed by atoms with van der Waals surface area (Å²) in [5.74, 6) is 1.16. The third-order valence-corrected chi connectivity index (χ3v) is 7.60. The lowest BCUT2D eigenvalue weighted by Crippen LogP contribution is -2.40. The molecule has 4 rings (SSSR count). The van der Waals surface area contributed by atoms with Crippen LogP contribution >= 0.6 is 0 Å². The van der Waals surface area contributed by atoms with Crippen molar-refractivity contribution in [2.45, 2.75) is 37.7 Å². The highest BCUT2D eigenvalue weighted by Crippen LogP contribution is 2.48. The molecule has 7 heteroatoms. The van der Waals surface area contributed by atoms with Gasteiger partial charge in [-0.25, -0.2) is 8.42 Å². The lowest BCUT2D eigenvalue weighted by Gasteiger charge is -2.39. The Morgan fingerprint density at radius 1 is 1.13 bits per heavy atom. The summed E-state index contributed by atoms with van der Waals surface area (Å²) in [5.41, 5.74) is 4.54. The van der Waals surface area contributed by atoms with Crippen molar-refractivity contribution in [1.82, 2.24) is 0 Å². The summed E-state index contributed by atoms with van der Waals surface area (Å²) in [6, 6.07) is 10.5. The fourth-order valence-electron chi connectivity index (χ4n) is 4.25. The van der Waals surface area contributed by atoms with Crippen LogP contribution in [0.1, 0.15) is 30.9 Å². The summed E-state index contributed by atoms with van der Waals surface area (Å²) in [6.45, 7) is 4.86. The van der Waals surface area contributed by atoms with E-state index >= 15 is 0 Å². The summed E-state index contributed by atoms with van der Waals surface area (Å²) < 4.78 is 46.0. The van der Waals surface area contributed by atoms with Crippen molar-refractivity contribution in [3.8, 4) is 11.5 Å². The quantitative estimate of drug-likeness (QED) is 0.714. The topological polar surface area (TPSA) is 65.1 Å². The van der Waals surface area contributed by atoms with Gasteiger partial charge in [-0.1, -0.05) is 24.6 Å². The number of anilines is 1. The Kier molecular flexibility index (Phi) is 5.51. The number of hydrogen-bond acceptors (Lipinski definition) is 5. The van der Waals surface area contributed by atoms with Crippen molar-refractivity contribution in [2.24, 2.45) is 0 Å². The molecule has 2 aromatic rings. The average Bonchev–Trinajstić information content (AvgIpc) is 2.77. The number of ether oxygens (including phenoxy) is 3. The molecule has 160 valence electrons. The Labute approximate surface area is 178 Å². The van der Waals surface area contributed by atoms with Gasteiger partial charge in [-0.15, -0.1) is 0 Å². The zero-order chi connectivity index (χ0) is 21.5. The first kappa shape index (κ1) is 20.8. The SMILES string of the molecule is CC[C@@H]1OCCC2=C1CN(S(=O)(=O)c1ccc(C)cc1)c1cc(OC)cc(OC)c12. The first-order chi connectivity index (χ1) is 14.4. The van der Waals surface area contributed by atoms with E-state index in [4.69, 9.17) is 14.2 Å². The highest BCUT2D eigenvalue weighted by molar-refractivity contribution is 7.92. The molecule has 0 saturated carbocycles. The van der Waals surface area contributed by atoms with Crippen molar-refractivity contribution >= 4 is 21.3 Å². The Bertz CT molecular complexity index is 1090. The number of nitrogens with zero attached hydrogens (tertiary/aromatic N) is 1. The van der Waals surface area contributed by atoms with E-state index in [1.54, 1.807) is 32.4 Å². The largest absolute Gasteiger partial charge is 0.497 e. The van der Waals surface area contributed by atoms with Crippen LogP contribution < -0.4 is 13.8 Å². The van der Waals surface area contributed by atoms with Gasteiger partial charge in [0.1, 0.15) is 11.5 Å². The summed E-state index contributed by atoms with van der Waals surface area (Å²) in [7, 11) is -0.631. The van der Waals surface area contributed by atoms with E-state index in [-0.39, 0.29) is 17.5 Å². The fourth-order valence-corrected chi connectivity index (χ4v) is 5.70. The second-order valence-electron chi connectivity index (χ2n) is 7.57. The molecule has 0 N–H and O–H groups in total. The van der Waals surface area contributed by atoms with Crippen LogP contribution in [0.3, 0.4) is 0 Å². The van der Waals surface area contributed by atoms with E-state index < -0.39 is 10.0 Å². The zero-order valence-electron chi connectivity index (χ0n) is 17.8. The predicted molar refractivity (Wildman–Crippen MR) is 117 cm³/mol. The Balaban J connectivity index is 1.96. The standard InChI is InChI=1S/C23H27NO5S/c1-5-21-19-14-24(30(25,26)17-8-6-15(2)7-9-17)20-12-16(27-3)13-22(28-4)23(20)18(19)10-11-29-21/h6-9,12-13,21H,5,10-11,14H2,1-4H3/t21-/m0/s1. The van der Waals surface area contributed by atoms with E-state index in [2.05, 4.69) is 6.92 Å². The van der Waals surface area contributed by atoms with Gasteiger partial charge in [-0.05, 0) is 43.0 Å². The van der Waals surface area contributed by atoms with E-state index in [1.807, 2.05) is 25.1 Å². The van der Waals surface area contributed by atoms with Gasteiger partial charge in [0.25, 0.3) is 10.0 Å². The Hall–Kier alpha value is -2.51. The second-order valence-corrected chi connectivity index (χ2v) is 9.43. The molecule has 0 radical (unpaired) electrons. The number of hydrogen-bond donors (Lipinski definition) is 0. The smallest absolute Gasteiger partial charge is 0.264 e. The van der Waals surface area contributed by atoms with Gasteiger partial charge < -0.3 is 14.2 Å². The molecule has 0 unspecified atom stereocenters. The maximum Gasteiger partial charge on any atom is 0.264 e. The highest BCUT2D eigenvalue weighted by atomic mass is 32.2. The average molecular weight is 430 g/mol. The van der Waals surface area contributed by atoms with Crippen LogP contribution in [0.15, 0.2) is 46.9 Å². The lowest BCUT2D eigenvalue weighted by molar-refractivity contribution is 0.0702. The minimum atomic E-state index is -3.79. The van der Waals surface area contributed by atoms with Crippen LogP contribution in [-0.2, 0) is 14.8 Å². The first-order valence-corrected chi connectivity index (χ1v) is 11.5. The molecule has 0 bridgehead atoms. The molecule has 0 aromatic heterocycles. The molecule has 0 saturated heterocycles. The van der Waals surface area contributed by atoms with E-state index in [0.29, 0.717) is 23.8 Å². The number of benzene rings is 2. The van der Waals surface area contributed by atoms with Crippen LogP contribution in [0.5, 0.6) is 11.5 Å². The summed E-state index contributed by atoms with van der Waals surface area (Å²) in [6.07, 6.45) is 1.40. The third kappa shape index (κ3) is 3.36. The van der Waals surface area contributed by atoms with Gasteiger partial charge in [-0.3, -0.25) is 4.31 Å². The van der Waals surface area contributed by atoms with E-state index in [9.17, 15) is 8.42 Å². The van der Waals surface area contributed by atoms with Gasteiger partial charge in [0.2, 0.25) is 0 Å². The molecule has 2 aliphatic rings. The van der Waals surface area contributed by atoms with Gasteiger partial charge in [0, 0.05) is 17.7 Å². The number of fused-ring (bicyclic) bond motifs is 2. The third-order valence-electron chi connectivity index (χ3n) is 5.82. The van der Waals surface area contributed by atoms with Crippen molar-refractivity contribution in [3.05, 3.63) is 53.1 Å². The van der Waals surface area contributed by atoms with Crippen molar-refractivity contribution < 1.29 is 22.6 Å². The van der Waals surface area contributed by atoms with Crippen LogP contribution in [0.4, 0.5) is 5.69 Å². The van der Waals surface area contributed by atoms with Crippen LogP contribution in [0, 0.1) is 6.92 Å². The molecule has 2 aliphatic heterocycles. The van der Waals surface area contributed by atoms with Gasteiger partial charge in [0.05, 0.1) is 44.1 Å². The molecule has 1 atom stereocenters. The minimum Gasteiger partial charge on any atom is -0.497 e. The maximum atomic E-state index is 13.7. The molecule has 2 aromatic carbocycles. The Morgan fingerprint density at radius 2 is 1.87 bits per heavy atom. The van der Waals surface area contributed by atoms with Crippen molar-refractivity contribution in [1.29, 1.82) is 0 Å². The van der Waals surface area contributed by atoms with Gasteiger partial charge in [0.15, 0.2) is 0 Å². The van der Waals surface area contributed by atoms with Crippen molar-refractivity contribution in [3.63, 3.8) is 0 Å². The summed E-state index contributed by atoms with van der Waals surface area (Å²) in [5, 5.41) is 0. The molecule has 30 heavy (non-hydrogen) atoms. The normalized spacial score (nSPS) is 18.7. The van der Waals surface area contributed by atoms with Gasteiger partial charge in [-0.2, -0.15) is 0 Å². The maximum absolute atomic E-state index is 13.7. The van der Waals surface area contributed by atoms with E-state index in [0.717, 1.165) is 35.1 Å². The van der Waals surface area contributed by atoms with Crippen molar-refractivity contribution in [2.75, 3.05) is 31.7 Å². The number of sulfonamides is 1. The first-order valence-electron chi connectivity index (χ1n) is 10.1. The van der Waals surface area contributed by atoms with Gasteiger partial charge >= 0.3 is 0 Å². The number of rotatable bonds is 5. The summed E-state index contributed by atoms with van der Waals surface area (Å²) >= 11 is 0.